The second-order valence-electron chi connectivity index (χ2n) is 4.83. The van der Waals surface area contributed by atoms with E-state index in [-0.39, 0.29) is 18.1 Å². The van der Waals surface area contributed by atoms with E-state index in [4.69, 9.17) is 4.74 Å². The van der Waals surface area contributed by atoms with Crippen LogP contribution >= 0.6 is 0 Å². The summed E-state index contributed by atoms with van der Waals surface area (Å²) in [6.45, 7) is 2.01. The normalized spacial score (nSPS) is 10.5. The first kappa shape index (κ1) is 14.8. The Bertz CT molecular complexity index is 825. The summed E-state index contributed by atoms with van der Waals surface area (Å²) in [5.41, 5.74) is 3.13. The Morgan fingerprint density at radius 3 is 2.48 bits per heavy atom. The molecular formula is C17H15N3O3. The number of hydrogen-bond acceptors (Lipinski definition) is 5. The molecule has 3 rings (SSSR count). The summed E-state index contributed by atoms with van der Waals surface area (Å²) in [7, 11) is 0. The summed E-state index contributed by atoms with van der Waals surface area (Å²) in [5, 5.41) is 19.9. The van der Waals surface area contributed by atoms with Gasteiger partial charge in [-0.2, -0.15) is 10.3 Å². The number of phenolic OH excluding ortho intramolecular Hbond substituents is 1. The maximum absolute atomic E-state index is 12.0. The van der Waals surface area contributed by atoms with Gasteiger partial charge in [0.2, 0.25) is 0 Å². The summed E-state index contributed by atoms with van der Waals surface area (Å²) in [4.78, 5) is 12.0. The zero-order chi connectivity index (χ0) is 16.2. The fourth-order valence-corrected chi connectivity index (χ4v) is 2.34. The Hall–Kier alpha value is -3.15. The van der Waals surface area contributed by atoms with Crippen molar-refractivity contribution in [3.8, 4) is 28.1 Å². The smallest absolute Gasteiger partial charge is 0.361 e. The highest BCUT2D eigenvalue weighted by Crippen LogP contribution is 2.32. The molecule has 0 saturated heterocycles. The lowest BCUT2D eigenvalue weighted by Gasteiger charge is -2.09. The molecule has 0 atom stereocenters. The highest BCUT2D eigenvalue weighted by atomic mass is 16.5. The van der Waals surface area contributed by atoms with Crippen molar-refractivity contribution in [3.05, 3.63) is 54.2 Å². The Balaban J connectivity index is 2.10. The van der Waals surface area contributed by atoms with Crippen molar-refractivity contribution < 1.29 is 14.6 Å². The third-order valence-corrected chi connectivity index (χ3v) is 3.38. The van der Waals surface area contributed by atoms with E-state index >= 15 is 0 Å². The Morgan fingerprint density at radius 1 is 1.09 bits per heavy atom. The van der Waals surface area contributed by atoms with Gasteiger partial charge in [-0.15, -0.1) is 5.10 Å². The number of ether oxygens (including phenoxy) is 1. The minimum absolute atomic E-state index is 0.151. The second-order valence-corrected chi connectivity index (χ2v) is 4.83. The van der Waals surface area contributed by atoms with Gasteiger partial charge < -0.3 is 9.84 Å². The molecule has 6 nitrogen and oxygen atoms in total. The van der Waals surface area contributed by atoms with E-state index in [0.717, 1.165) is 16.7 Å². The van der Waals surface area contributed by atoms with Crippen LogP contribution in [0.2, 0.25) is 0 Å². The molecule has 0 saturated carbocycles. The van der Waals surface area contributed by atoms with E-state index in [2.05, 4.69) is 15.4 Å². The number of carbonyl (C=O) groups excluding carboxylic acids is 1. The third-order valence-electron chi connectivity index (χ3n) is 3.38. The van der Waals surface area contributed by atoms with Gasteiger partial charge in [0.15, 0.2) is 5.69 Å². The van der Waals surface area contributed by atoms with Crippen LogP contribution in [0.1, 0.15) is 17.4 Å². The third kappa shape index (κ3) is 2.91. The standard InChI is InChI=1S/C17H15N3O3/c1-2-23-17(22)16-15(18-20-19-16)14-6-4-3-5-13(14)11-7-9-12(21)10-8-11/h3-10,21H,2H2,1H3,(H,18,19,20). The van der Waals surface area contributed by atoms with Crippen molar-refractivity contribution in [3.63, 3.8) is 0 Å². The van der Waals surface area contributed by atoms with E-state index in [1.165, 1.54) is 0 Å². The monoisotopic (exact) mass is 309 g/mol. The number of benzene rings is 2. The average molecular weight is 309 g/mol. The quantitative estimate of drug-likeness (QED) is 0.723. The van der Waals surface area contributed by atoms with Gasteiger partial charge >= 0.3 is 5.97 Å². The summed E-state index contributed by atoms with van der Waals surface area (Å²) in [5.74, 6) is -0.323. The molecule has 0 aliphatic heterocycles. The van der Waals surface area contributed by atoms with Gasteiger partial charge in [0, 0.05) is 5.56 Å². The predicted octanol–water partition coefficient (Wildman–Crippen LogP) is 3.02. The van der Waals surface area contributed by atoms with Crippen LogP contribution in [0.3, 0.4) is 0 Å². The van der Waals surface area contributed by atoms with Gasteiger partial charge in [-0.1, -0.05) is 36.4 Å². The molecule has 2 aromatic carbocycles. The number of aromatic hydroxyl groups is 1. The van der Waals surface area contributed by atoms with E-state index in [0.29, 0.717) is 5.69 Å². The molecule has 6 heteroatoms. The summed E-state index contributed by atoms with van der Waals surface area (Å²) >= 11 is 0. The van der Waals surface area contributed by atoms with Gasteiger partial charge in [-0.3, -0.25) is 0 Å². The molecule has 0 unspecified atom stereocenters. The minimum Gasteiger partial charge on any atom is -0.508 e. The van der Waals surface area contributed by atoms with Crippen molar-refractivity contribution in [1.82, 2.24) is 15.4 Å². The van der Waals surface area contributed by atoms with Gasteiger partial charge in [0.05, 0.1) is 6.61 Å². The topological polar surface area (TPSA) is 88.1 Å². The van der Waals surface area contributed by atoms with Crippen LogP contribution in [0.4, 0.5) is 0 Å². The molecule has 1 aromatic heterocycles. The van der Waals surface area contributed by atoms with Gasteiger partial charge in [0.1, 0.15) is 11.4 Å². The Morgan fingerprint density at radius 2 is 1.78 bits per heavy atom. The SMILES string of the molecule is CCOC(=O)c1n[nH]nc1-c1ccccc1-c1ccc(O)cc1. The molecule has 23 heavy (non-hydrogen) atoms. The number of H-pyrrole nitrogens is 1. The largest absolute Gasteiger partial charge is 0.508 e. The van der Waals surface area contributed by atoms with Gasteiger partial charge in [-0.05, 0) is 30.2 Å². The summed E-state index contributed by atoms with van der Waals surface area (Å²) in [6.07, 6.45) is 0. The van der Waals surface area contributed by atoms with E-state index in [1.807, 2.05) is 24.3 Å². The number of rotatable bonds is 4. The number of phenols is 1. The molecule has 1 heterocycles. The lowest BCUT2D eigenvalue weighted by atomic mass is 9.97. The molecule has 3 aromatic rings. The zero-order valence-corrected chi connectivity index (χ0v) is 12.5. The van der Waals surface area contributed by atoms with Gasteiger partial charge in [0.25, 0.3) is 0 Å². The molecule has 116 valence electrons. The van der Waals surface area contributed by atoms with Crippen molar-refractivity contribution in [1.29, 1.82) is 0 Å². The highest BCUT2D eigenvalue weighted by Gasteiger charge is 2.21. The molecule has 0 amide bonds. The number of nitrogens with zero attached hydrogens (tertiary/aromatic N) is 2. The van der Waals surface area contributed by atoms with Crippen LogP contribution in [0.15, 0.2) is 48.5 Å². The number of nitrogens with one attached hydrogen (secondary N) is 1. The molecular weight excluding hydrogens is 294 g/mol. The fraction of sp³-hybridized carbons (Fsp3) is 0.118. The van der Waals surface area contributed by atoms with Crippen LogP contribution in [0.25, 0.3) is 22.4 Å². The average Bonchev–Trinajstić information content (AvgIpc) is 3.05. The highest BCUT2D eigenvalue weighted by molar-refractivity contribution is 5.96. The van der Waals surface area contributed by atoms with Crippen molar-refractivity contribution in [2.24, 2.45) is 0 Å². The lowest BCUT2D eigenvalue weighted by Crippen LogP contribution is -2.07. The van der Waals surface area contributed by atoms with Crippen molar-refractivity contribution >= 4 is 5.97 Å². The maximum atomic E-state index is 12.0. The van der Waals surface area contributed by atoms with Crippen LogP contribution in [0.5, 0.6) is 5.75 Å². The van der Waals surface area contributed by atoms with E-state index in [9.17, 15) is 9.90 Å². The van der Waals surface area contributed by atoms with Crippen LogP contribution in [-0.4, -0.2) is 33.1 Å². The minimum atomic E-state index is -0.517. The fourth-order valence-electron chi connectivity index (χ4n) is 2.34. The predicted molar refractivity (Wildman–Crippen MR) is 84.9 cm³/mol. The van der Waals surface area contributed by atoms with E-state index in [1.54, 1.807) is 31.2 Å². The maximum Gasteiger partial charge on any atom is 0.361 e. The number of carbonyl (C=O) groups is 1. The van der Waals surface area contributed by atoms with Crippen LogP contribution < -0.4 is 0 Å². The molecule has 0 bridgehead atoms. The molecule has 0 aliphatic carbocycles. The van der Waals surface area contributed by atoms with Crippen molar-refractivity contribution in [2.75, 3.05) is 6.61 Å². The van der Waals surface area contributed by atoms with Crippen molar-refractivity contribution in [2.45, 2.75) is 6.92 Å². The molecule has 0 spiro atoms. The first-order valence-electron chi connectivity index (χ1n) is 7.17. The Kier molecular flexibility index (Phi) is 4.05. The first-order chi connectivity index (χ1) is 11.2. The van der Waals surface area contributed by atoms with Crippen LogP contribution in [-0.2, 0) is 4.74 Å². The van der Waals surface area contributed by atoms with Gasteiger partial charge in [-0.25, -0.2) is 4.79 Å². The molecule has 0 aliphatic rings. The zero-order valence-electron chi connectivity index (χ0n) is 12.5. The molecule has 2 N–H and O–H groups in total. The molecule has 0 fully saturated rings. The number of hydrogen-bond donors (Lipinski definition) is 2. The summed E-state index contributed by atoms with van der Waals surface area (Å²) in [6, 6.07) is 14.4. The number of aromatic amines is 1. The first-order valence-corrected chi connectivity index (χ1v) is 7.17. The van der Waals surface area contributed by atoms with E-state index < -0.39 is 5.97 Å². The number of aromatic nitrogens is 3. The molecule has 0 radical (unpaired) electrons. The second kappa shape index (κ2) is 6.31. The number of esters is 1. The Labute approximate surface area is 132 Å². The van der Waals surface area contributed by atoms with Crippen LogP contribution in [0, 0.1) is 0 Å². The lowest BCUT2D eigenvalue weighted by molar-refractivity contribution is 0.0520. The summed E-state index contributed by atoms with van der Waals surface area (Å²) < 4.78 is 5.02.